The molecule has 3 N–H and O–H groups in total. The standard InChI is InChI=1S/C6H6N4S/c7-5-4-3(1-2-8-4)9-6(11)10-5/h2H,1H2,(H3,7,9,10,11). The molecule has 0 atom stereocenters. The van der Waals surface area contributed by atoms with Gasteiger partial charge in [0.25, 0.3) is 0 Å². The Hall–Kier alpha value is -1.23. The number of aromatic nitrogens is 2. The third kappa shape index (κ3) is 0.932. The maximum Gasteiger partial charge on any atom is 0.199 e. The van der Waals surface area contributed by atoms with Crippen molar-refractivity contribution < 1.29 is 0 Å². The van der Waals surface area contributed by atoms with E-state index in [0.717, 1.165) is 17.8 Å². The van der Waals surface area contributed by atoms with Crippen LogP contribution >= 0.6 is 12.2 Å². The van der Waals surface area contributed by atoms with Crippen molar-refractivity contribution in [2.45, 2.75) is 6.42 Å². The maximum absolute atomic E-state index is 5.56. The fourth-order valence-corrected chi connectivity index (χ4v) is 1.27. The number of fused-ring (bicyclic) bond motifs is 1. The van der Waals surface area contributed by atoms with E-state index >= 15 is 0 Å². The predicted molar refractivity (Wildman–Crippen MR) is 45.7 cm³/mol. The van der Waals surface area contributed by atoms with Crippen LogP contribution in [0, 0.1) is 4.77 Å². The minimum atomic E-state index is 0.414. The highest BCUT2D eigenvalue weighted by atomic mass is 32.1. The number of aliphatic imine (C=N–C) groups is 1. The van der Waals surface area contributed by atoms with Crippen molar-refractivity contribution in [2.75, 3.05) is 5.73 Å². The molecule has 0 spiro atoms. The zero-order valence-corrected chi connectivity index (χ0v) is 6.48. The van der Waals surface area contributed by atoms with Crippen molar-refractivity contribution in [1.82, 2.24) is 9.97 Å². The molecule has 0 saturated heterocycles. The van der Waals surface area contributed by atoms with E-state index in [9.17, 15) is 0 Å². The number of hydrogen-bond donors (Lipinski definition) is 2. The van der Waals surface area contributed by atoms with Crippen LogP contribution in [0.15, 0.2) is 4.99 Å². The van der Waals surface area contributed by atoms with Gasteiger partial charge in [0.1, 0.15) is 5.69 Å². The third-order valence-electron chi connectivity index (χ3n) is 1.52. The van der Waals surface area contributed by atoms with Gasteiger partial charge in [-0.05, 0) is 12.2 Å². The fourth-order valence-electron chi connectivity index (χ4n) is 1.05. The summed E-state index contributed by atoms with van der Waals surface area (Å²) in [4.78, 5) is 10.8. The fraction of sp³-hybridized carbons (Fsp3) is 0.167. The molecule has 56 valence electrons. The van der Waals surface area contributed by atoms with Crippen LogP contribution in [0.1, 0.15) is 5.69 Å². The number of hydrogen-bond acceptors (Lipinski definition) is 4. The molecule has 0 fully saturated rings. The number of H-pyrrole nitrogens is 1. The van der Waals surface area contributed by atoms with Gasteiger partial charge in [-0.25, -0.2) is 4.98 Å². The summed E-state index contributed by atoms with van der Waals surface area (Å²) in [5.41, 5.74) is 7.26. The van der Waals surface area contributed by atoms with Crippen molar-refractivity contribution >= 4 is 29.9 Å². The van der Waals surface area contributed by atoms with Crippen LogP contribution in [0.5, 0.6) is 0 Å². The number of rotatable bonds is 0. The van der Waals surface area contributed by atoms with Gasteiger partial charge < -0.3 is 10.7 Å². The molecule has 2 heterocycles. The van der Waals surface area contributed by atoms with Gasteiger partial charge >= 0.3 is 0 Å². The van der Waals surface area contributed by atoms with Crippen LogP contribution in [0.2, 0.25) is 0 Å². The van der Waals surface area contributed by atoms with Crippen LogP contribution in [-0.2, 0) is 6.42 Å². The van der Waals surface area contributed by atoms with Crippen molar-refractivity contribution in [3.8, 4) is 0 Å². The number of anilines is 1. The van der Waals surface area contributed by atoms with Crippen molar-refractivity contribution in [2.24, 2.45) is 4.99 Å². The zero-order chi connectivity index (χ0) is 7.84. The van der Waals surface area contributed by atoms with Gasteiger partial charge in [-0.1, -0.05) is 0 Å². The molecule has 0 aliphatic carbocycles. The Kier molecular flexibility index (Phi) is 1.25. The molecule has 1 aromatic heterocycles. The summed E-state index contributed by atoms with van der Waals surface area (Å²) < 4.78 is 0.423. The number of nitrogens with one attached hydrogen (secondary N) is 1. The monoisotopic (exact) mass is 166 g/mol. The first-order valence-corrected chi connectivity index (χ1v) is 3.59. The molecule has 0 unspecified atom stereocenters. The summed E-state index contributed by atoms with van der Waals surface area (Å²) in [6.07, 6.45) is 2.56. The largest absolute Gasteiger partial charge is 0.382 e. The molecule has 0 bridgehead atoms. The summed E-state index contributed by atoms with van der Waals surface area (Å²) in [6.45, 7) is 0. The molecule has 11 heavy (non-hydrogen) atoms. The Balaban J connectivity index is 2.76. The Morgan fingerprint density at radius 3 is 3.27 bits per heavy atom. The molecule has 5 heteroatoms. The number of nitrogens with two attached hydrogens (primary N) is 1. The number of aromatic amines is 1. The lowest BCUT2D eigenvalue weighted by molar-refractivity contribution is 1.07. The minimum Gasteiger partial charge on any atom is -0.382 e. The quantitative estimate of drug-likeness (QED) is 0.564. The van der Waals surface area contributed by atoms with Gasteiger partial charge in [0, 0.05) is 12.6 Å². The lowest BCUT2D eigenvalue weighted by atomic mass is 10.3. The van der Waals surface area contributed by atoms with Crippen molar-refractivity contribution in [3.05, 3.63) is 10.5 Å². The predicted octanol–water partition coefficient (Wildman–Crippen LogP) is 0.980. The number of nitrogens with zero attached hydrogens (tertiary/aromatic N) is 2. The highest BCUT2D eigenvalue weighted by molar-refractivity contribution is 7.71. The Labute approximate surface area is 68.2 Å². The average molecular weight is 166 g/mol. The molecule has 4 nitrogen and oxygen atoms in total. The second kappa shape index (κ2) is 2.13. The molecule has 1 aromatic rings. The highest BCUT2D eigenvalue weighted by Gasteiger charge is 2.10. The molecule has 0 saturated carbocycles. The van der Waals surface area contributed by atoms with E-state index in [-0.39, 0.29) is 0 Å². The van der Waals surface area contributed by atoms with Gasteiger partial charge in [0.2, 0.25) is 0 Å². The van der Waals surface area contributed by atoms with E-state index in [2.05, 4.69) is 15.0 Å². The van der Waals surface area contributed by atoms with Crippen molar-refractivity contribution in [3.63, 3.8) is 0 Å². The Bertz CT molecular complexity index is 379. The van der Waals surface area contributed by atoms with Crippen LogP contribution < -0.4 is 5.73 Å². The summed E-state index contributed by atoms with van der Waals surface area (Å²) in [5.74, 6) is 0.414. The molecule has 1 aliphatic rings. The summed E-state index contributed by atoms with van der Waals surface area (Å²) in [5, 5.41) is 0. The summed E-state index contributed by atoms with van der Waals surface area (Å²) in [6, 6.07) is 0. The smallest absolute Gasteiger partial charge is 0.199 e. The molecule has 0 aromatic carbocycles. The number of nitrogen functional groups attached to an aromatic ring is 1. The first-order chi connectivity index (χ1) is 5.27. The van der Waals surface area contributed by atoms with Gasteiger partial charge in [-0.3, -0.25) is 4.99 Å². The van der Waals surface area contributed by atoms with Crippen molar-refractivity contribution in [1.29, 1.82) is 0 Å². The molecule has 0 amide bonds. The van der Waals surface area contributed by atoms with Crippen LogP contribution in [-0.4, -0.2) is 16.2 Å². The highest BCUT2D eigenvalue weighted by Crippen LogP contribution is 2.26. The van der Waals surface area contributed by atoms with Crippen LogP contribution in [0.4, 0.5) is 11.5 Å². The van der Waals surface area contributed by atoms with E-state index in [1.54, 1.807) is 6.21 Å². The first-order valence-electron chi connectivity index (χ1n) is 3.18. The maximum atomic E-state index is 5.56. The third-order valence-corrected chi connectivity index (χ3v) is 1.72. The molecule has 1 aliphatic heterocycles. The zero-order valence-electron chi connectivity index (χ0n) is 5.66. The average Bonchev–Trinajstić information content (AvgIpc) is 2.34. The van der Waals surface area contributed by atoms with E-state index in [4.69, 9.17) is 18.0 Å². The molecular weight excluding hydrogens is 160 g/mol. The van der Waals surface area contributed by atoms with Gasteiger partial charge in [0.15, 0.2) is 10.6 Å². The Morgan fingerprint density at radius 2 is 2.45 bits per heavy atom. The topological polar surface area (TPSA) is 67.1 Å². The van der Waals surface area contributed by atoms with E-state index in [0.29, 0.717) is 10.6 Å². The van der Waals surface area contributed by atoms with E-state index in [1.807, 2.05) is 0 Å². The summed E-state index contributed by atoms with van der Waals surface area (Å²) >= 11 is 4.84. The van der Waals surface area contributed by atoms with Crippen LogP contribution in [0.3, 0.4) is 0 Å². The summed E-state index contributed by atoms with van der Waals surface area (Å²) in [7, 11) is 0. The van der Waals surface area contributed by atoms with Gasteiger partial charge in [-0.2, -0.15) is 0 Å². The molecule has 2 rings (SSSR count). The first kappa shape index (κ1) is 6.48. The van der Waals surface area contributed by atoms with E-state index < -0.39 is 0 Å². The van der Waals surface area contributed by atoms with E-state index in [1.165, 1.54) is 0 Å². The second-order valence-electron chi connectivity index (χ2n) is 2.27. The lowest BCUT2D eigenvalue weighted by Crippen LogP contribution is -1.95. The van der Waals surface area contributed by atoms with Gasteiger partial charge in [-0.15, -0.1) is 0 Å². The Morgan fingerprint density at radius 1 is 1.64 bits per heavy atom. The molecule has 0 radical (unpaired) electrons. The van der Waals surface area contributed by atoms with Crippen LogP contribution in [0.25, 0.3) is 0 Å². The minimum absolute atomic E-state index is 0.414. The second-order valence-corrected chi connectivity index (χ2v) is 2.66. The van der Waals surface area contributed by atoms with Gasteiger partial charge in [0.05, 0.1) is 5.69 Å². The normalized spacial score (nSPS) is 13.5. The SMILES string of the molecule is Nc1nc(=S)[nH]c2c1N=CC2. The molecular formula is C6H6N4S. The lowest BCUT2D eigenvalue weighted by Gasteiger charge is -1.98.